The lowest BCUT2D eigenvalue weighted by Crippen LogP contribution is -2.41. The van der Waals surface area contributed by atoms with Crippen LogP contribution in [0.1, 0.15) is 37.9 Å². The molecule has 0 saturated carbocycles. The normalized spacial score (nSPS) is 11.4. The van der Waals surface area contributed by atoms with Gasteiger partial charge in [0.2, 0.25) is 5.91 Å². The third-order valence-corrected chi connectivity index (χ3v) is 4.07. The van der Waals surface area contributed by atoms with Crippen molar-refractivity contribution < 1.29 is 14.3 Å². The molecule has 0 aliphatic heterocycles. The Labute approximate surface area is 160 Å². The van der Waals surface area contributed by atoms with Crippen LogP contribution in [0.3, 0.4) is 0 Å². The Morgan fingerprint density at radius 3 is 2.48 bits per heavy atom. The van der Waals surface area contributed by atoms with Gasteiger partial charge in [0.25, 0.3) is 0 Å². The number of rotatable bonds is 8. The number of anilines is 1. The van der Waals surface area contributed by atoms with E-state index in [1.165, 1.54) is 0 Å². The molecule has 2 aromatic carbocycles. The minimum atomic E-state index is -0.395. The Morgan fingerprint density at radius 1 is 1.07 bits per heavy atom. The van der Waals surface area contributed by atoms with Crippen LogP contribution >= 0.6 is 0 Å². The highest BCUT2D eigenvalue weighted by atomic mass is 16.5. The van der Waals surface area contributed by atoms with Gasteiger partial charge in [0.05, 0.1) is 19.2 Å². The van der Waals surface area contributed by atoms with Gasteiger partial charge in [-0.25, -0.2) is 4.79 Å². The summed E-state index contributed by atoms with van der Waals surface area (Å²) in [6.45, 7) is 6.38. The standard InChI is InChI=1S/C21H27N3O3/c1-4-16-7-6-8-18(13-16)24-20(25)14-22-21(26)23-15(3)17-9-11-19(12-10-17)27-5-2/h6-13,15H,4-5,14H2,1-3H3,(H,24,25)(H2,22,23,26). The van der Waals surface area contributed by atoms with Crippen molar-refractivity contribution in [1.82, 2.24) is 10.6 Å². The van der Waals surface area contributed by atoms with E-state index in [1.54, 1.807) is 0 Å². The van der Waals surface area contributed by atoms with Crippen molar-refractivity contribution in [2.75, 3.05) is 18.5 Å². The first-order valence-electron chi connectivity index (χ1n) is 9.17. The smallest absolute Gasteiger partial charge is 0.315 e. The predicted octanol–water partition coefficient (Wildman–Crippen LogP) is 3.65. The van der Waals surface area contributed by atoms with Crippen molar-refractivity contribution in [1.29, 1.82) is 0 Å². The van der Waals surface area contributed by atoms with Gasteiger partial charge in [-0.3, -0.25) is 4.79 Å². The number of amides is 3. The fourth-order valence-electron chi connectivity index (χ4n) is 2.59. The summed E-state index contributed by atoms with van der Waals surface area (Å²) >= 11 is 0. The number of carbonyl (C=O) groups excluding carboxylic acids is 2. The van der Waals surface area contributed by atoms with E-state index in [2.05, 4.69) is 22.9 Å². The van der Waals surface area contributed by atoms with Crippen molar-refractivity contribution in [3.8, 4) is 5.75 Å². The molecule has 3 amide bonds. The molecule has 6 nitrogen and oxygen atoms in total. The van der Waals surface area contributed by atoms with Gasteiger partial charge in [-0.2, -0.15) is 0 Å². The lowest BCUT2D eigenvalue weighted by molar-refractivity contribution is -0.115. The minimum Gasteiger partial charge on any atom is -0.494 e. The highest BCUT2D eigenvalue weighted by Crippen LogP contribution is 2.17. The fraction of sp³-hybridized carbons (Fsp3) is 0.333. The summed E-state index contributed by atoms with van der Waals surface area (Å²) in [5.41, 5.74) is 2.82. The molecule has 0 aromatic heterocycles. The van der Waals surface area contributed by atoms with Gasteiger partial charge >= 0.3 is 6.03 Å². The Morgan fingerprint density at radius 2 is 1.81 bits per heavy atom. The van der Waals surface area contributed by atoms with Crippen LogP contribution in [0.5, 0.6) is 5.75 Å². The van der Waals surface area contributed by atoms with Gasteiger partial charge in [0.15, 0.2) is 0 Å². The van der Waals surface area contributed by atoms with Gasteiger partial charge in [-0.05, 0) is 55.7 Å². The molecule has 0 fully saturated rings. The number of carbonyl (C=O) groups is 2. The third-order valence-electron chi connectivity index (χ3n) is 4.07. The number of ether oxygens (including phenoxy) is 1. The summed E-state index contributed by atoms with van der Waals surface area (Å²) < 4.78 is 5.41. The van der Waals surface area contributed by atoms with Crippen molar-refractivity contribution in [2.24, 2.45) is 0 Å². The van der Waals surface area contributed by atoms with Crippen molar-refractivity contribution in [3.05, 3.63) is 59.7 Å². The van der Waals surface area contributed by atoms with Crippen LogP contribution in [0.2, 0.25) is 0 Å². The zero-order chi connectivity index (χ0) is 19.6. The SMILES string of the molecule is CCOc1ccc(C(C)NC(=O)NCC(=O)Nc2cccc(CC)c2)cc1. The molecule has 0 saturated heterocycles. The van der Waals surface area contributed by atoms with Gasteiger partial charge in [0, 0.05) is 5.69 Å². The maximum Gasteiger partial charge on any atom is 0.315 e. The highest BCUT2D eigenvalue weighted by Gasteiger charge is 2.11. The molecule has 27 heavy (non-hydrogen) atoms. The van der Waals surface area contributed by atoms with E-state index in [0.717, 1.165) is 29.0 Å². The number of nitrogens with one attached hydrogen (secondary N) is 3. The number of urea groups is 1. The molecular formula is C21H27N3O3. The van der Waals surface area contributed by atoms with E-state index >= 15 is 0 Å². The minimum absolute atomic E-state index is 0.0990. The van der Waals surface area contributed by atoms with E-state index in [1.807, 2.05) is 62.4 Å². The molecule has 2 rings (SSSR count). The molecule has 0 radical (unpaired) electrons. The summed E-state index contributed by atoms with van der Waals surface area (Å²) in [5.74, 6) is 0.522. The van der Waals surface area contributed by atoms with Crippen LogP contribution in [-0.2, 0) is 11.2 Å². The largest absolute Gasteiger partial charge is 0.494 e. The molecule has 144 valence electrons. The summed E-state index contributed by atoms with van der Waals surface area (Å²) in [4.78, 5) is 24.0. The molecule has 1 atom stereocenters. The Hall–Kier alpha value is -3.02. The molecule has 1 unspecified atom stereocenters. The Bertz CT molecular complexity index is 760. The summed E-state index contributed by atoms with van der Waals surface area (Å²) in [6, 6.07) is 14.6. The topological polar surface area (TPSA) is 79.5 Å². The molecule has 0 bridgehead atoms. The molecule has 0 heterocycles. The van der Waals surface area contributed by atoms with Crippen molar-refractivity contribution in [2.45, 2.75) is 33.2 Å². The maximum absolute atomic E-state index is 12.0. The first-order valence-corrected chi connectivity index (χ1v) is 9.17. The van der Waals surface area contributed by atoms with E-state index < -0.39 is 6.03 Å². The first kappa shape index (κ1) is 20.3. The summed E-state index contributed by atoms with van der Waals surface area (Å²) in [6.07, 6.45) is 0.897. The Kier molecular flexibility index (Phi) is 7.67. The lowest BCUT2D eigenvalue weighted by atomic mass is 10.1. The second-order valence-electron chi connectivity index (χ2n) is 6.15. The second-order valence-corrected chi connectivity index (χ2v) is 6.15. The molecule has 3 N–H and O–H groups in total. The molecule has 0 aliphatic carbocycles. The Balaban J connectivity index is 1.78. The monoisotopic (exact) mass is 369 g/mol. The first-order chi connectivity index (χ1) is 13.0. The van der Waals surface area contributed by atoms with E-state index in [9.17, 15) is 9.59 Å². The van der Waals surface area contributed by atoms with Crippen LogP contribution in [-0.4, -0.2) is 25.1 Å². The van der Waals surface area contributed by atoms with E-state index in [4.69, 9.17) is 4.74 Å². The van der Waals surface area contributed by atoms with Crippen LogP contribution in [0.25, 0.3) is 0 Å². The van der Waals surface area contributed by atoms with Crippen LogP contribution in [0.15, 0.2) is 48.5 Å². The average Bonchev–Trinajstić information content (AvgIpc) is 2.67. The predicted molar refractivity (Wildman–Crippen MR) is 107 cm³/mol. The summed E-state index contributed by atoms with van der Waals surface area (Å²) in [7, 11) is 0. The fourth-order valence-corrected chi connectivity index (χ4v) is 2.59. The van der Waals surface area contributed by atoms with Gasteiger partial charge in [0.1, 0.15) is 5.75 Å². The molecule has 0 aliphatic rings. The van der Waals surface area contributed by atoms with Gasteiger partial charge in [-0.15, -0.1) is 0 Å². The van der Waals surface area contributed by atoms with Crippen LogP contribution < -0.4 is 20.7 Å². The molecule has 2 aromatic rings. The second kappa shape index (κ2) is 10.2. The van der Waals surface area contributed by atoms with Crippen LogP contribution in [0.4, 0.5) is 10.5 Å². The molecule has 6 heteroatoms. The van der Waals surface area contributed by atoms with Gasteiger partial charge in [-0.1, -0.05) is 31.2 Å². The number of aryl methyl sites for hydroxylation is 1. The van der Waals surface area contributed by atoms with Crippen molar-refractivity contribution >= 4 is 17.6 Å². The van der Waals surface area contributed by atoms with E-state index in [-0.39, 0.29) is 18.5 Å². The maximum atomic E-state index is 12.0. The zero-order valence-electron chi connectivity index (χ0n) is 16.0. The van der Waals surface area contributed by atoms with Crippen molar-refractivity contribution in [3.63, 3.8) is 0 Å². The summed E-state index contributed by atoms with van der Waals surface area (Å²) in [5, 5.41) is 8.17. The molecular weight excluding hydrogens is 342 g/mol. The highest BCUT2D eigenvalue weighted by molar-refractivity contribution is 5.94. The number of benzene rings is 2. The van der Waals surface area contributed by atoms with E-state index in [0.29, 0.717) is 6.61 Å². The average molecular weight is 369 g/mol. The quantitative estimate of drug-likeness (QED) is 0.664. The zero-order valence-corrected chi connectivity index (χ0v) is 16.0. The number of hydrogen-bond acceptors (Lipinski definition) is 3. The lowest BCUT2D eigenvalue weighted by Gasteiger charge is -2.15. The third kappa shape index (κ3) is 6.66. The van der Waals surface area contributed by atoms with Gasteiger partial charge < -0.3 is 20.7 Å². The van der Waals surface area contributed by atoms with Crippen LogP contribution in [0, 0.1) is 0 Å². The number of hydrogen-bond donors (Lipinski definition) is 3. The molecule has 0 spiro atoms.